The average Bonchev–Trinajstić information content (AvgIpc) is 2.12. The van der Waals surface area contributed by atoms with E-state index in [4.69, 9.17) is 11.6 Å². The number of rotatable bonds is 0. The largest absolute Gasteiger partial charge is 0.507 e. The van der Waals surface area contributed by atoms with E-state index in [1.54, 1.807) is 12.1 Å². The first-order valence-corrected chi connectivity index (χ1v) is 4.47. The van der Waals surface area contributed by atoms with Crippen molar-refractivity contribution in [3.63, 3.8) is 0 Å². The van der Waals surface area contributed by atoms with Crippen molar-refractivity contribution < 1.29 is 5.11 Å². The summed E-state index contributed by atoms with van der Waals surface area (Å²) in [5.41, 5.74) is 1.71. The maximum atomic E-state index is 9.61. The molecule has 0 bridgehead atoms. The van der Waals surface area contributed by atoms with Gasteiger partial charge in [0.05, 0.1) is 10.6 Å². The summed E-state index contributed by atoms with van der Waals surface area (Å²) in [4.78, 5) is 2.04. The second-order valence-corrected chi connectivity index (χ2v) is 3.51. The summed E-state index contributed by atoms with van der Waals surface area (Å²) in [6, 6.07) is 5.62. The number of benzene rings is 1. The molecule has 0 saturated heterocycles. The number of fused-ring (bicyclic) bond motifs is 1. The van der Waals surface area contributed by atoms with Crippen molar-refractivity contribution in [2.24, 2.45) is 0 Å². The van der Waals surface area contributed by atoms with Gasteiger partial charge in [-0.25, -0.2) is 0 Å². The van der Waals surface area contributed by atoms with Gasteiger partial charge in [-0.15, -0.1) is 0 Å². The van der Waals surface area contributed by atoms with E-state index in [9.17, 15) is 5.11 Å². The molecule has 0 radical (unpaired) electrons. The number of likely N-dealkylation sites (N-methyl/N-ethyl adjacent to an activating group) is 1. The Kier molecular flexibility index (Phi) is 1.93. The zero-order valence-electron chi connectivity index (χ0n) is 7.29. The Morgan fingerprint density at radius 2 is 2.23 bits per heavy atom. The molecule has 2 nitrogen and oxygen atoms in total. The summed E-state index contributed by atoms with van der Waals surface area (Å²) in [6.07, 6.45) is 1.76. The number of halogens is 1. The lowest BCUT2D eigenvalue weighted by Crippen LogP contribution is -2.21. The van der Waals surface area contributed by atoms with Gasteiger partial charge in [-0.2, -0.15) is 0 Å². The Labute approximate surface area is 82.1 Å². The van der Waals surface area contributed by atoms with Crippen molar-refractivity contribution in [2.75, 3.05) is 18.5 Å². The third kappa shape index (κ3) is 1.27. The van der Waals surface area contributed by atoms with E-state index in [0.29, 0.717) is 5.02 Å². The quantitative estimate of drug-likeness (QED) is 0.688. The van der Waals surface area contributed by atoms with E-state index in [-0.39, 0.29) is 5.76 Å². The van der Waals surface area contributed by atoms with Crippen LogP contribution < -0.4 is 4.90 Å². The van der Waals surface area contributed by atoms with E-state index >= 15 is 0 Å². The summed E-state index contributed by atoms with van der Waals surface area (Å²) in [5.74, 6) is 0.277. The fraction of sp³-hybridized carbons (Fsp3) is 0.200. The van der Waals surface area contributed by atoms with Crippen molar-refractivity contribution in [3.8, 4) is 0 Å². The van der Waals surface area contributed by atoms with Crippen molar-refractivity contribution in [2.45, 2.75) is 0 Å². The standard InChI is InChI=1S/C10H10ClNO/c1-12-6-5-9(13)10-7(11)3-2-4-8(10)12/h2-5,13H,6H2,1H3. The van der Waals surface area contributed by atoms with Crippen LogP contribution in [0.4, 0.5) is 5.69 Å². The van der Waals surface area contributed by atoms with Gasteiger partial charge in [0, 0.05) is 19.3 Å². The zero-order chi connectivity index (χ0) is 9.42. The molecule has 0 unspecified atom stereocenters. The van der Waals surface area contributed by atoms with E-state index in [2.05, 4.69) is 0 Å². The fourth-order valence-corrected chi connectivity index (χ4v) is 1.77. The maximum Gasteiger partial charge on any atom is 0.124 e. The van der Waals surface area contributed by atoms with Gasteiger partial charge in [-0.05, 0) is 18.2 Å². The van der Waals surface area contributed by atoms with E-state index in [0.717, 1.165) is 17.8 Å². The van der Waals surface area contributed by atoms with E-state index < -0.39 is 0 Å². The molecule has 0 atom stereocenters. The van der Waals surface area contributed by atoms with Crippen molar-refractivity contribution in [1.29, 1.82) is 0 Å². The monoisotopic (exact) mass is 195 g/mol. The Bertz CT molecular complexity index is 373. The molecule has 1 N–H and O–H groups in total. The Balaban J connectivity index is 2.66. The molecule has 0 saturated carbocycles. The Morgan fingerprint density at radius 1 is 1.46 bits per heavy atom. The van der Waals surface area contributed by atoms with Gasteiger partial charge in [-0.1, -0.05) is 17.7 Å². The van der Waals surface area contributed by atoms with Crippen LogP contribution in [0, 0.1) is 0 Å². The normalized spacial score (nSPS) is 15.2. The van der Waals surface area contributed by atoms with Gasteiger partial charge in [0.15, 0.2) is 0 Å². The SMILES string of the molecule is CN1CC=C(O)c2c(Cl)cccc21. The number of hydrogen-bond donors (Lipinski definition) is 1. The van der Waals surface area contributed by atoms with E-state index in [1.165, 1.54) is 0 Å². The minimum absolute atomic E-state index is 0.277. The molecule has 0 fully saturated rings. The predicted octanol–water partition coefficient (Wildman–Crippen LogP) is 2.69. The Hall–Kier alpha value is -1.15. The van der Waals surface area contributed by atoms with Gasteiger partial charge < -0.3 is 10.0 Å². The molecular formula is C10H10ClNO. The molecule has 1 aliphatic rings. The smallest absolute Gasteiger partial charge is 0.124 e. The minimum Gasteiger partial charge on any atom is -0.507 e. The maximum absolute atomic E-state index is 9.61. The molecule has 1 aromatic rings. The third-order valence-corrected chi connectivity index (χ3v) is 2.53. The lowest BCUT2D eigenvalue weighted by molar-refractivity contribution is 0.508. The molecule has 68 valence electrons. The number of anilines is 1. The second-order valence-electron chi connectivity index (χ2n) is 3.10. The molecule has 0 aliphatic carbocycles. The fourth-order valence-electron chi connectivity index (χ4n) is 1.51. The van der Waals surface area contributed by atoms with Gasteiger partial charge in [-0.3, -0.25) is 0 Å². The van der Waals surface area contributed by atoms with Crippen LogP contribution in [0.2, 0.25) is 5.02 Å². The molecular weight excluding hydrogens is 186 g/mol. The number of aliphatic hydroxyl groups is 1. The first-order valence-electron chi connectivity index (χ1n) is 4.09. The van der Waals surface area contributed by atoms with Crippen molar-refractivity contribution in [3.05, 3.63) is 34.9 Å². The molecule has 0 aromatic heterocycles. The van der Waals surface area contributed by atoms with Gasteiger partial charge >= 0.3 is 0 Å². The molecule has 2 rings (SSSR count). The van der Waals surface area contributed by atoms with Crippen molar-refractivity contribution >= 4 is 23.0 Å². The zero-order valence-corrected chi connectivity index (χ0v) is 8.04. The summed E-state index contributed by atoms with van der Waals surface area (Å²) < 4.78 is 0. The number of hydrogen-bond acceptors (Lipinski definition) is 2. The lowest BCUT2D eigenvalue weighted by Gasteiger charge is -2.25. The molecule has 1 aliphatic heterocycles. The summed E-state index contributed by atoms with van der Waals surface area (Å²) in [7, 11) is 1.97. The van der Waals surface area contributed by atoms with E-state index in [1.807, 2.05) is 24.1 Å². The number of nitrogens with zero attached hydrogens (tertiary/aromatic N) is 1. The molecule has 0 amide bonds. The van der Waals surface area contributed by atoms with Crippen LogP contribution >= 0.6 is 11.6 Å². The minimum atomic E-state index is 0.277. The van der Waals surface area contributed by atoms with Crippen LogP contribution in [-0.2, 0) is 0 Å². The van der Waals surface area contributed by atoms with Gasteiger partial charge in [0.1, 0.15) is 5.76 Å². The first-order chi connectivity index (χ1) is 6.20. The summed E-state index contributed by atoms with van der Waals surface area (Å²) in [5, 5.41) is 10.2. The van der Waals surface area contributed by atoms with Crippen LogP contribution in [0.3, 0.4) is 0 Å². The highest BCUT2D eigenvalue weighted by atomic mass is 35.5. The average molecular weight is 196 g/mol. The highest BCUT2D eigenvalue weighted by Gasteiger charge is 2.17. The highest BCUT2D eigenvalue weighted by molar-refractivity contribution is 6.32. The van der Waals surface area contributed by atoms with Crippen LogP contribution in [0.25, 0.3) is 5.76 Å². The third-order valence-electron chi connectivity index (χ3n) is 2.22. The molecule has 1 aromatic carbocycles. The van der Waals surface area contributed by atoms with Crippen LogP contribution in [0.5, 0.6) is 0 Å². The number of aliphatic hydroxyl groups excluding tert-OH is 1. The van der Waals surface area contributed by atoms with Crippen LogP contribution in [-0.4, -0.2) is 18.7 Å². The van der Waals surface area contributed by atoms with Gasteiger partial charge in [0.2, 0.25) is 0 Å². The van der Waals surface area contributed by atoms with Crippen LogP contribution in [0.1, 0.15) is 5.56 Å². The molecule has 3 heteroatoms. The summed E-state index contributed by atoms with van der Waals surface area (Å²) in [6.45, 7) is 0.721. The molecule has 0 spiro atoms. The second kappa shape index (κ2) is 2.96. The highest BCUT2D eigenvalue weighted by Crippen LogP contribution is 2.34. The summed E-state index contributed by atoms with van der Waals surface area (Å²) >= 11 is 5.97. The lowest BCUT2D eigenvalue weighted by atomic mass is 10.1. The molecule has 1 heterocycles. The van der Waals surface area contributed by atoms with Crippen molar-refractivity contribution in [1.82, 2.24) is 0 Å². The Morgan fingerprint density at radius 3 is 2.92 bits per heavy atom. The topological polar surface area (TPSA) is 23.5 Å². The van der Waals surface area contributed by atoms with Crippen LogP contribution in [0.15, 0.2) is 24.3 Å². The predicted molar refractivity (Wildman–Crippen MR) is 55.3 cm³/mol. The van der Waals surface area contributed by atoms with Gasteiger partial charge in [0.25, 0.3) is 0 Å². The first kappa shape index (κ1) is 8.45. The molecule has 13 heavy (non-hydrogen) atoms.